The number of alkyl halides is 1. The van der Waals surface area contributed by atoms with Gasteiger partial charge in [-0.3, -0.25) is 29.8 Å². The lowest BCUT2D eigenvalue weighted by Crippen LogP contribution is -2.49. The standard InChI is InChI=1S/C16H17ClN2O10S/c1-8(20)28-13-6-11(17)16(7-14(13)29-9(2)21)30(26,27)15-4-3-10(18(22)23)5-12(15)19(24)25/h3-5,11,13-14,16H,6-7H2,1-2H3/t11-,13?,14-,16-/m1/s1. The summed E-state index contributed by atoms with van der Waals surface area (Å²) in [5, 5.41) is 19.7. The molecule has 0 amide bonds. The monoisotopic (exact) mass is 464 g/mol. The van der Waals surface area contributed by atoms with Crippen molar-refractivity contribution >= 4 is 44.8 Å². The molecule has 1 aliphatic rings. The lowest BCUT2D eigenvalue weighted by molar-refractivity contribution is -0.396. The van der Waals surface area contributed by atoms with Crippen LogP contribution < -0.4 is 0 Å². The minimum atomic E-state index is -4.48. The van der Waals surface area contributed by atoms with Crippen LogP contribution in [0.15, 0.2) is 23.1 Å². The van der Waals surface area contributed by atoms with Gasteiger partial charge in [-0.1, -0.05) is 0 Å². The molecule has 2 rings (SSSR count). The Morgan fingerprint density at radius 3 is 2.03 bits per heavy atom. The van der Waals surface area contributed by atoms with Crippen LogP contribution in [0.2, 0.25) is 0 Å². The molecule has 0 heterocycles. The Kier molecular flexibility index (Phi) is 6.98. The number of carbonyl (C=O) groups excluding carboxylic acids is 2. The van der Waals surface area contributed by atoms with E-state index in [2.05, 4.69) is 0 Å². The highest BCUT2D eigenvalue weighted by molar-refractivity contribution is 7.92. The van der Waals surface area contributed by atoms with Crippen LogP contribution in [-0.4, -0.2) is 53.0 Å². The first kappa shape index (κ1) is 23.5. The van der Waals surface area contributed by atoms with Gasteiger partial charge in [-0.2, -0.15) is 0 Å². The van der Waals surface area contributed by atoms with E-state index in [4.69, 9.17) is 21.1 Å². The van der Waals surface area contributed by atoms with E-state index in [1.807, 2.05) is 0 Å². The van der Waals surface area contributed by atoms with Crippen molar-refractivity contribution in [3.8, 4) is 0 Å². The van der Waals surface area contributed by atoms with Gasteiger partial charge in [-0.25, -0.2) is 8.42 Å². The molecule has 1 aromatic rings. The fourth-order valence-corrected chi connectivity index (χ4v) is 5.85. The maximum absolute atomic E-state index is 13.2. The molecule has 1 unspecified atom stereocenters. The summed E-state index contributed by atoms with van der Waals surface area (Å²) in [5.41, 5.74) is -1.63. The Hall–Kier alpha value is -2.80. The molecule has 0 aliphatic heterocycles. The van der Waals surface area contributed by atoms with Crippen molar-refractivity contribution in [3.63, 3.8) is 0 Å². The van der Waals surface area contributed by atoms with Gasteiger partial charge in [0.05, 0.1) is 26.5 Å². The molecule has 0 radical (unpaired) electrons. The van der Waals surface area contributed by atoms with Crippen molar-refractivity contribution in [3.05, 3.63) is 38.4 Å². The van der Waals surface area contributed by atoms with Gasteiger partial charge in [0.2, 0.25) is 0 Å². The van der Waals surface area contributed by atoms with Crippen molar-refractivity contribution in [1.82, 2.24) is 0 Å². The van der Waals surface area contributed by atoms with Crippen molar-refractivity contribution < 1.29 is 37.3 Å². The fourth-order valence-electron chi connectivity index (χ4n) is 3.21. The van der Waals surface area contributed by atoms with E-state index >= 15 is 0 Å². The van der Waals surface area contributed by atoms with Crippen LogP contribution in [-0.2, 0) is 28.9 Å². The molecule has 12 nitrogen and oxygen atoms in total. The molecule has 0 saturated heterocycles. The minimum Gasteiger partial charge on any atom is -0.459 e. The first-order chi connectivity index (χ1) is 13.8. The molecule has 0 bridgehead atoms. The van der Waals surface area contributed by atoms with Gasteiger partial charge in [0, 0.05) is 32.8 Å². The Bertz CT molecular complexity index is 996. The third-order valence-electron chi connectivity index (χ3n) is 4.43. The van der Waals surface area contributed by atoms with E-state index in [-0.39, 0.29) is 12.8 Å². The quantitative estimate of drug-likeness (QED) is 0.261. The van der Waals surface area contributed by atoms with Gasteiger partial charge in [-0.15, -0.1) is 11.6 Å². The first-order valence-corrected chi connectivity index (χ1v) is 10.5. The number of hydrogen-bond acceptors (Lipinski definition) is 10. The minimum absolute atomic E-state index is 0.191. The first-order valence-electron chi connectivity index (χ1n) is 8.49. The van der Waals surface area contributed by atoms with Crippen molar-refractivity contribution in [1.29, 1.82) is 0 Å². The summed E-state index contributed by atoms with van der Waals surface area (Å²) in [6, 6.07) is 2.15. The summed E-state index contributed by atoms with van der Waals surface area (Å²) in [7, 11) is -4.48. The zero-order chi connectivity index (χ0) is 22.8. The zero-order valence-electron chi connectivity index (χ0n) is 15.7. The topological polar surface area (TPSA) is 173 Å². The van der Waals surface area contributed by atoms with Crippen LogP contribution in [0.3, 0.4) is 0 Å². The second kappa shape index (κ2) is 8.92. The molecular formula is C16H17ClN2O10S. The highest BCUT2D eigenvalue weighted by Gasteiger charge is 2.47. The molecule has 4 atom stereocenters. The van der Waals surface area contributed by atoms with Gasteiger partial charge < -0.3 is 9.47 Å². The van der Waals surface area contributed by atoms with E-state index in [9.17, 15) is 38.2 Å². The third kappa shape index (κ3) is 5.02. The lowest BCUT2D eigenvalue weighted by atomic mass is 9.93. The summed E-state index contributed by atoms with van der Waals surface area (Å²) in [6.07, 6.45) is -2.71. The van der Waals surface area contributed by atoms with Gasteiger partial charge in [0.25, 0.3) is 11.4 Å². The number of ether oxygens (including phenoxy) is 2. The number of carbonyl (C=O) groups is 2. The molecule has 164 valence electrons. The number of benzene rings is 1. The Morgan fingerprint density at radius 1 is 1.03 bits per heavy atom. The van der Waals surface area contributed by atoms with E-state index in [0.717, 1.165) is 26.0 Å². The Balaban J connectivity index is 2.48. The van der Waals surface area contributed by atoms with Gasteiger partial charge in [-0.05, 0) is 6.07 Å². The summed E-state index contributed by atoms with van der Waals surface area (Å²) in [6.45, 7) is 2.21. The van der Waals surface area contributed by atoms with E-state index < -0.39 is 70.7 Å². The Labute approximate surface area is 175 Å². The fraction of sp³-hybridized carbons (Fsp3) is 0.500. The van der Waals surface area contributed by atoms with Crippen molar-refractivity contribution in [2.45, 2.75) is 54.4 Å². The summed E-state index contributed by atoms with van der Waals surface area (Å²) >= 11 is 6.22. The predicted molar refractivity (Wildman–Crippen MR) is 101 cm³/mol. The molecule has 0 spiro atoms. The number of rotatable bonds is 6. The van der Waals surface area contributed by atoms with E-state index in [1.165, 1.54) is 0 Å². The van der Waals surface area contributed by atoms with Gasteiger partial charge in [0.15, 0.2) is 9.84 Å². The largest absolute Gasteiger partial charge is 0.459 e. The number of non-ortho nitro benzene ring substituents is 1. The molecule has 1 aromatic carbocycles. The number of esters is 2. The molecule has 0 aromatic heterocycles. The average molecular weight is 465 g/mol. The number of hydrogen-bond donors (Lipinski definition) is 0. The molecule has 1 aliphatic carbocycles. The number of nitro benzene ring substituents is 2. The van der Waals surface area contributed by atoms with Crippen LogP contribution in [0.25, 0.3) is 0 Å². The van der Waals surface area contributed by atoms with Gasteiger partial charge >= 0.3 is 11.9 Å². The maximum atomic E-state index is 13.2. The van der Waals surface area contributed by atoms with Crippen LogP contribution in [0.1, 0.15) is 26.7 Å². The van der Waals surface area contributed by atoms with E-state index in [1.54, 1.807) is 0 Å². The lowest BCUT2D eigenvalue weighted by Gasteiger charge is -2.37. The molecule has 1 fully saturated rings. The number of halogens is 1. The molecule has 1 saturated carbocycles. The molecular weight excluding hydrogens is 448 g/mol. The highest BCUT2D eigenvalue weighted by Crippen LogP contribution is 2.38. The Morgan fingerprint density at radius 2 is 1.57 bits per heavy atom. The highest BCUT2D eigenvalue weighted by atomic mass is 35.5. The summed E-state index contributed by atoms with van der Waals surface area (Å²) in [4.78, 5) is 42.2. The third-order valence-corrected chi connectivity index (χ3v) is 7.34. The number of nitro groups is 2. The van der Waals surface area contributed by atoms with Crippen LogP contribution in [0.5, 0.6) is 0 Å². The summed E-state index contributed by atoms with van der Waals surface area (Å²) in [5.74, 6) is -1.43. The van der Waals surface area contributed by atoms with Crippen LogP contribution >= 0.6 is 11.6 Å². The van der Waals surface area contributed by atoms with E-state index in [0.29, 0.717) is 6.07 Å². The van der Waals surface area contributed by atoms with Gasteiger partial charge in [0.1, 0.15) is 17.1 Å². The molecule has 30 heavy (non-hydrogen) atoms. The second-order valence-electron chi connectivity index (χ2n) is 6.53. The SMILES string of the molecule is CC(=O)OC1C[C@@H](Cl)[C@H](S(=O)(=O)c2ccc([N+](=O)[O-])cc2[N+](=O)[O-])C[C@H]1OC(C)=O. The maximum Gasteiger partial charge on any atom is 0.303 e. The summed E-state index contributed by atoms with van der Waals surface area (Å²) < 4.78 is 36.5. The predicted octanol–water partition coefficient (Wildman–Crippen LogP) is 1.91. The van der Waals surface area contributed by atoms with Crippen molar-refractivity contribution in [2.75, 3.05) is 0 Å². The zero-order valence-corrected chi connectivity index (χ0v) is 17.3. The normalized spacial score (nSPS) is 24.0. The average Bonchev–Trinajstić information content (AvgIpc) is 2.62. The van der Waals surface area contributed by atoms with Crippen molar-refractivity contribution in [2.24, 2.45) is 0 Å². The van der Waals surface area contributed by atoms with Crippen LogP contribution in [0.4, 0.5) is 11.4 Å². The number of nitrogens with zero attached hydrogens (tertiary/aromatic N) is 2. The second-order valence-corrected chi connectivity index (χ2v) is 9.23. The smallest absolute Gasteiger partial charge is 0.303 e. The molecule has 14 heteroatoms. The molecule has 0 N–H and O–H groups in total. The van der Waals surface area contributed by atoms with Crippen LogP contribution in [0, 0.1) is 20.2 Å². The number of sulfone groups is 1.